The number of ether oxygens (including phenoxy) is 1. The summed E-state index contributed by atoms with van der Waals surface area (Å²) in [6.45, 7) is -0.793. The van der Waals surface area contributed by atoms with Crippen molar-refractivity contribution in [3.63, 3.8) is 0 Å². The van der Waals surface area contributed by atoms with E-state index in [2.05, 4.69) is 32.3 Å². The van der Waals surface area contributed by atoms with Crippen LogP contribution in [-0.4, -0.2) is 89.0 Å². The molecule has 386 valence electrons. The van der Waals surface area contributed by atoms with Gasteiger partial charge in [0.25, 0.3) is 5.92 Å². The summed E-state index contributed by atoms with van der Waals surface area (Å²) in [6, 6.07) is 4.41. The number of aromatic nitrogens is 5. The smallest absolute Gasteiger partial charge is 0.435 e. The highest BCUT2D eigenvalue weighted by molar-refractivity contribution is 7.93. The van der Waals surface area contributed by atoms with Crippen LogP contribution >= 0.6 is 11.6 Å². The first kappa shape index (κ1) is 52.3. The molecule has 72 heavy (non-hydrogen) atoms. The number of sulfone groups is 1. The van der Waals surface area contributed by atoms with Crippen LogP contribution in [0.3, 0.4) is 0 Å². The van der Waals surface area contributed by atoms with E-state index in [9.17, 15) is 61.5 Å². The Morgan fingerprint density at radius 3 is 2.18 bits per heavy atom. The monoisotopic (exact) mass is 1080 g/mol. The summed E-state index contributed by atoms with van der Waals surface area (Å²) in [5.41, 5.74) is -0.0709. The van der Waals surface area contributed by atoms with Gasteiger partial charge in [0.1, 0.15) is 47.0 Å². The lowest BCUT2D eigenvalue weighted by molar-refractivity contribution is -0.143. The number of anilines is 1. The molecule has 3 N–H and O–H groups in total. The zero-order valence-electron chi connectivity index (χ0n) is 37.8. The van der Waals surface area contributed by atoms with Crippen LogP contribution in [0.5, 0.6) is 0 Å². The largest absolute Gasteiger partial charge is 0.445 e. The number of hydrogen-bond acceptors (Lipinski definition) is 11. The van der Waals surface area contributed by atoms with Crippen LogP contribution in [-0.2, 0) is 61.0 Å². The molecule has 0 spiro atoms. The second-order valence-electron chi connectivity index (χ2n) is 18.3. The third-order valence-corrected chi connectivity index (χ3v) is 15.7. The second-order valence-corrected chi connectivity index (χ2v) is 23.1. The lowest BCUT2D eigenvalue weighted by Gasteiger charge is -2.32. The van der Waals surface area contributed by atoms with Crippen molar-refractivity contribution in [3.05, 3.63) is 93.0 Å². The van der Waals surface area contributed by atoms with E-state index >= 15 is 8.78 Å². The first-order valence-electron chi connectivity index (χ1n) is 21.4. The fourth-order valence-electron chi connectivity index (χ4n) is 8.67. The van der Waals surface area contributed by atoms with Gasteiger partial charge in [0.2, 0.25) is 15.9 Å². The molecule has 0 bridgehead atoms. The van der Waals surface area contributed by atoms with E-state index in [1.807, 2.05) is 0 Å². The van der Waals surface area contributed by atoms with E-state index < -0.39 is 160 Å². The molecular weight excluding hydrogens is 1040 g/mol. The van der Waals surface area contributed by atoms with E-state index in [0.29, 0.717) is 12.3 Å². The summed E-state index contributed by atoms with van der Waals surface area (Å²) in [5.74, 6) is -6.00. The molecule has 0 radical (unpaired) electrons. The van der Waals surface area contributed by atoms with Crippen LogP contribution in [0, 0.1) is 29.4 Å². The van der Waals surface area contributed by atoms with Crippen molar-refractivity contribution in [2.45, 2.75) is 99.7 Å². The van der Waals surface area contributed by atoms with Crippen molar-refractivity contribution in [3.8, 4) is 23.0 Å². The molecular formula is C44H39ClF10N8O7S2. The van der Waals surface area contributed by atoms with Crippen LogP contribution in [0.1, 0.15) is 79.0 Å². The number of nitrogens with zero attached hydrogens (tertiary/aromatic N) is 6. The lowest BCUT2D eigenvalue weighted by Crippen LogP contribution is -2.46. The summed E-state index contributed by atoms with van der Waals surface area (Å²) in [6.07, 6.45) is -12.1. The molecule has 28 heteroatoms. The fourth-order valence-corrected chi connectivity index (χ4v) is 9.90. The van der Waals surface area contributed by atoms with E-state index in [1.54, 1.807) is 0 Å². The standard InChI is InChI=1S/C44H39ClF10N8O7S2/c1-41(2,71(3,66)67)10-9-24-5-6-26(27-7-8-30(45)34-36(27)62(19-42(48,49)50)60-39(34)63(72(4,68)69)40(65)70-25-15-23(56)16-25)35(57-24)31(13-20-11-21(46)14-22(47)12-20)58-32(64)18-61-38-33(37(59-61)44(53,54)55)28-17-29(28)43(38,51)52/h5-8,11-12,14,23,25,28-29,31H,13,15-19,56H2,1-4H3,(H,58,64)/t23-,25+,28-,29+,31-/m0/s1. The van der Waals surface area contributed by atoms with Gasteiger partial charge in [-0.05, 0) is 87.3 Å². The summed E-state index contributed by atoms with van der Waals surface area (Å²) in [4.78, 5) is 32.3. The molecule has 15 nitrogen and oxygen atoms in total. The quantitative estimate of drug-likeness (QED) is 0.0917. The number of pyridine rings is 1. The highest BCUT2D eigenvalue weighted by atomic mass is 35.5. The molecule has 2 fully saturated rings. The molecule has 3 aliphatic rings. The molecule has 3 heterocycles. The number of amides is 2. The normalized spacial score (nSPS) is 19.9. The summed E-state index contributed by atoms with van der Waals surface area (Å²) < 4.78 is 203. The zero-order valence-corrected chi connectivity index (χ0v) is 40.2. The van der Waals surface area contributed by atoms with Crippen LogP contribution in [0.2, 0.25) is 5.02 Å². The molecule has 5 aromatic rings. The zero-order chi connectivity index (χ0) is 53.0. The highest BCUT2D eigenvalue weighted by Crippen LogP contribution is 2.68. The Balaban J connectivity index is 1.35. The topological polar surface area (TPSA) is 201 Å². The second kappa shape index (κ2) is 17.9. The maximum absolute atomic E-state index is 15.6. The number of nitrogens with two attached hydrogens (primary N) is 1. The maximum Gasteiger partial charge on any atom is 0.435 e. The van der Waals surface area contributed by atoms with Crippen molar-refractivity contribution in [2.75, 3.05) is 16.8 Å². The van der Waals surface area contributed by atoms with Gasteiger partial charge in [-0.1, -0.05) is 23.6 Å². The number of alkyl halides is 8. The maximum atomic E-state index is 15.6. The van der Waals surface area contributed by atoms with Gasteiger partial charge >= 0.3 is 18.4 Å². The third-order valence-electron chi connectivity index (χ3n) is 12.4. The molecule has 3 atom stereocenters. The molecule has 2 saturated carbocycles. The SMILES string of the molecule is CC(C)(C#Cc1ccc(-c2ccc(Cl)c3c(N(C(=O)O[C@H]4C[C@@H](N)C4)S(C)(=O)=O)nn(CC(F)(F)F)c23)c([C@H](Cc2cc(F)cc(F)c2)NC(=O)Cn2nc(C(F)(F)F)c3c2C(F)(F)[C@@H]2C[C@H]32)n1)S(C)(=O)=O. The molecule has 3 aliphatic carbocycles. The minimum atomic E-state index is -5.22. The van der Waals surface area contributed by atoms with Gasteiger partial charge in [0.05, 0.1) is 33.9 Å². The molecule has 0 unspecified atom stereocenters. The van der Waals surface area contributed by atoms with Gasteiger partial charge in [-0.25, -0.2) is 35.4 Å². The number of hydrogen-bond donors (Lipinski definition) is 2. The van der Waals surface area contributed by atoms with Crippen molar-refractivity contribution in [1.29, 1.82) is 0 Å². The molecule has 2 aromatic carbocycles. The molecule has 3 aromatic heterocycles. The number of halogens is 11. The number of rotatable bonds is 12. The number of benzene rings is 2. The van der Waals surface area contributed by atoms with Crippen LogP contribution < -0.4 is 15.4 Å². The Morgan fingerprint density at radius 1 is 0.958 bits per heavy atom. The number of carbonyl (C=O) groups is 2. The summed E-state index contributed by atoms with van der Waals surface area (Å²) in [5, 5.41) is 8.68. The van der Waals surface area contributed by atoms with Gasteiger partial charge in [-0.2, -0.15) is 49.6 Å². The Labute approximate surface area is 408 Å². The van der Waals surface area contributed by atoms with E-state index in [0.717, 1.165) is 42.7 Å². The van der Waals surface area contributed by atoms with Crippen molar-refractivity contribution >= 4 is 60.2 Å². The Kier molecular flexibility index (Phi) is 13.0. The Hall–Kier alpha value is -5.98. The number of nitrogens with one attached hydrogen (secondary N) is 1. The third kappa shape index (κ3) is 10.2. The van der Waals surface area contributed by atoms with Gasteiger partial charge < -0.3 is 15.8 Å². The van der Waals surface area contributed by atoms with Crippen molar-refractivity contribution < 1.29 is 75.1 Å². The lowest BCUT2D eigenvalue weighted by atomic mass is 9.90. The van der Waals surface area contributed by atoms with Crippen LogP contribution in [0.15, 0.2) is 42.5 Å². The number of carbonyl (C=O) groups excluding carboxylic acids is 2. The predicted molar refractivity (Wildman–Crippen MR) is 238 cm³/mol. The molecule has 0 saturated heterocycles. The first-order valence-corrected chi connectivity index (χ1v) is 25.5. The molecule has 8 rings (SSSR count). The highest BCUT2D eigenvalue weighted by Gasteiger charge is 2.68. The van der Waals surface area contributed by atoms with Crippen LogP contribution in [0.4, 0.5) is 54.5 Å². The van der Waals surface area contributed by atoms with Crippen LogP contribution in [0.25, 0.3) is 22.0 Å². The Morgan fingerprint density at radius 2 is 1.60 bits per heavy atom. The molecule has 0 aliphatic heterocycles. The number of fused-ring (bicyclic) bond motifs is 4. The number of sulfonamides is 1. The van der Waals surface area contributed by atoms with E-state index in [-0.39, 0.29) is 55.3 Å². The van der Waals surface area contributed by atoms with E-state index in [1.165, 1.54) is 13.8 Å². The first-order chi connectivity index (χ1) is 33.1. The van der Waals surface area contributed by atoms with Crippen molar-refractivity contribution in [2.24, 2.45) is 11.7 Å². The van der Waals surface area contributed by atoms with Gasteiger partial charge in [0, 0.05) is 41.0 Å². The summed E-state index contributed by atoms with van der Waals surface area (Å²) in [7, 11) is -8.72. The van der Waals surface area contributed by atoms with E-state index in [4.69, 9.17) is 22.1 Å². The molecule has 2 amide bonds. The minimum Gasteiger partial charge on any atom is -0.445 e. The fraction of sp³-hybridized carbons (Fsp3) is 0.432. The van der Waals surface area contributed by atoms with Crippen molar-refractivity contribution in [1.82, 2.24) is 29.9 Å². The Bertz CT molecular complexity index is 3340. The predicted octanol–water partition coefficient (Wildman–Crippen LogP) is 7.68. The van der Waals surface area contributed by atoms with Gasteiger partial charge in [0.15, 0.2) is 21.3 Å². The average molecular weight is 1080 g/mol. The minimum absolute atomic E-state index is 0.00611. The van der Waals surface area contributed by atoms with Gasteiger partial charge in [-0.3, -0.25) is 14.2 Å². The van der Waals surface area contributed by atoms with Gasteiger partial charge in [-0.15, -0.1) is 0 Å². The summed E-state index contributed by atoms with van der Waals surface area (Å²) >= 11 is 6.63. The average Bonchev–Trinajstić information content (AvgIpc) is 3.73.